The molecule has 1 unspecified atom stereocenters. The number of benzene rings is 1. The molecule has 18 heavy (non-hydrogen) atoms. The topological polar surface area (TPSA) is 75.6 Å². The second kappa shape index (κ2) is 6.64. The maximum atomic E-state index is 10.8. The van der Waals surface area contributed by atoms with Crippen LogP contribution in [-0.4, -0.2) is 30.1 Å². The van der Waals surface area contributed by atoms with Crippen molar-refractivity contribution in [1.82, 2.24) is 5.32 Å². The van der Waals surface area contributed by atoms with E-state index in [4.69, 9.17) is 9.84 Å². The highest BCUT2D eigenvalue weighted by molar-refractivity contribution is 5.72. The van der Waals surface area contributed by atoms with Crippen molar-refractivity contribution in [2.24, 2.45) is 0 Å². The number of ether oxygens (including phenoxy) is 1. The summed E-state index contributed by atoms with van der Waals surface area (Å²) >= 11 is 0. The SMILES string of the molecule is CC(=O)NCC(C)c1ccc(OCC(=O)O)cc1. The number of rotatable bonds is 6. The number of carboxylic acid groups (broad SMARTS) is 1. The zero-order valence-corrected chi connectivity index (χ0v) is 10.5. The maximum Gasteiger partial charge on any atom is 0.341 e. The van der Waals surface area contributed by atoms with Gasteiger partial charge in [-0.25, -0.2) is 4.79 Å². The monoisotopic (exact) mass is 251 g/mol. The number of carbonyl (C=O) groups excluding carboxylic acids is 1. The summed E-state index contributed by atoms with van der Waals surface area (Å²) in [6.07, 6.45) is 0. The molecule has 0 aliphatic rings. The molecule has 5 nitrogen and oxygen atoms in total. The third-order valence-corrected chi connectivity index (χ3v) is 2.47. The van der Waals surface area contributed by atoms with Gasteiger partial charge < -0.3 is 15.2 Å². The van der Waals surface area contributed by atoms with Gasteiger partial charge in [0.1, 0.15) is 5.75 Å². The van der Waals surface area contributed by atoms with E-state index in [-0.39, 0.29) is 18.4 Å². The second-order valence-electron chi connectivity index (χ2n) is 4.09. The molecular weight excluding hydrogens is 234 g/mol. The van der Waals surface area contributed by atoms with Crippen molar-refractivity contribution < 1.29 is 19.4 Å². The molecule has 0 heterocycles. The van der Waals surface area contributed by atoms with Crippen LogP contribution < -0.4 is 10.1 Å². The van der Waals surface area contributed by atoms with Gasteiger partial charge in [0.2, 0.25) is 5.91 Å². The minimum atomic E-state index is -1.00. The lowest BCUT2D eigenvalue weighted by atomic mass is 10.0. The van der Waals surface area contributed by atoms with Crippen molar-refractivity contribution in [3.8, 4) is 5.75 Å². The van der Waals surface area contributed by atoms with Crippen molar-refractivity contribution in [3.63, 3.8) is 0 Å². The summed E-state index contributed by atoms with van der Waals surface area (Å²) in [6, 6.07) is 7.18. The summed E-state index contributed by atoms with van der Waals surface area (Å²) in [6.45, 7) is 3.71. The Labute approximate surface area is 106 Å². The fraction of sp³-hybridized carbons (Fsp3) is 0.385. The standard InChI is InChI=1S/C13H17NO4/c1-9(7-14-10(2)15)11-3-5-12(6-4-11)18-8-13(16)17/h3-6,9H,7-8H2,1-2H3,(H,14,15)(H,16,17). The average molecular weight is 251 g/mol. The van der Waals surface area contributed by atoms with Crippen LogP contribution in [0.25, 0.3) is 0 Å². The zero-order chi connectivity index (χ0) is 13.5. The number of nitrogens with one attached hydrogen (secondary N) is 1. The van der Waals surface area contributed by atoms with Gasteiger partial charge in [-0.3, -0.25) is 4.79 Å². The molecule has 0 saturated carbocycles. The van der Waals surface area contributed by atoms with Crippen LogP contribution >= 0.6 is 0 Å². The largest absolute Gasteiger partial charge is 0.482 e. The van der Waals surface area contributed by atoms with Gasteiger partial charge in [0.05, 0.1) is 0 Å². The second-order valence-corrected chi connectivity index (χ2v) is 4.09. The molecule has 0 bridgehead atoms. The first kappa shape index (κ1) is 14.0. The fourth-order valence-electron chi connectivity index (χ4n) is 1.45. The molecule has 98 valence electrons. The minimum absolute atomic E-state index is 0.0525. The molecule has 1 aromatic rings. The predicted molar refractivity (Wildman–Crippen MR) is 66.7 cm³/mol. The van der Waals surface area contributed by atoms with Gasteiger partial charge in [0, 0.05) is 13.5 Å². The first-order chi connectivity index (χ1) is 8.49. The molecule has 1 rings (SSSR count). The smallest absolute Gasteiger partial charge is 0.341 e. The summed E-state index contributed by atoms with van der Waals surface area (Å²) in [5.41, 5.74) is 1.06. The van der Waals surface area contributed by atoms with Crippen LogP contribution in [0.5, 0.6) is 5.75 Å². The Balaban J connectivity index is 2.53. The van der Waals surface area contributed by atoms with Crippen LogP contribution in [0, 0.1) is 0 Å². The van der Waals surface area contributed by atoms with E-state index < -0.39 is 5.97 Å². The number of aliphatic carboxylic acids is 1. The van der Waals surface area contributed by atoms with Gasteiger partial charge in [-0.2, -0.15) is 0 Å². The number of amides is 1. The highest BCUT2D eigenvalue weighted by Crippen LogP contribution is 2.18. The minimum Gasteiger partial charge on any atom is -0.482 e. The van der Waals surface area contributed by atoms with E-state index in [0.29, 0.717) is 12.3 Å². The molecule has 1 atom stereocenters. The van der Waals surface area contributed by atoms with Crippen LogP contribution in [0.15, 0.2) is 24.3 Å². The lowest BCUT2D eigenvalue weighted by Gasteiger charge is -2.12. The third-order valence-electron chi connectivity index (χ3n) is 2.47. The first-order valence-corrected chi connectivity index (χ1v) is 5.68. The van der Waals surface area contributed by atoms with E-state index in [9.17, 15) is 9.59 Å². The van der Waals surface area contributed by atoms with Crippen LogP contribution in [-0.2, 0) is 9.59 Å². The van der Waals surface area contributed by atoms with Crippen LogP contribution in [0.4, 0.5) is 0 Å². The van der Waals surface area contributed by atoms with Crippen LogP contribution in [0.2, 0.25) is 0 Å². The molecule has 1 amide bonds. The van der Waals surface area contributed by atoms with Gasteiger partial charge in [0.25, 0.3) is 0 Å². The Morgan fingerprint density at radius 2 is 1.94 bits per heavy atom. The Bertz CT molecular complexity index is 414. The Morgan fingerprint density at radius 3 is 2.44 bits per heavy atom. The predicted octanol–water partition coefficient (Wildman–Crippen LogP) is 1.39. The highest BCUT2D eigenvalue weighted by Gasteiger charge is 2.06. The molecular formula is C13H17NO4. The maximum absolute atomic E-state index is 10.8. The van der Waals surface area contributed by atoms with Crippen LogP contribution in [0.3, 0.4) is 0 Å². The summed E-state index contributed by atoms with van der Waals surface area (Å²) in [7, 11) is 0. The van der Waals surface area contributed by atoms with E-state index >= 15 is 0 Å². The normalized spacial score (nSPS) is 11.7. The van der Waals surface area contributed by atoms with Crippen LogP contribution in [0.1, 0.15) is 25.3 Å². The third kappa shape index (κ3) is 4.86. The molecule has 2 N–H and O–H groups in total. The van der Waals surface area contributed by atoms with Gasteiger partial charge in [0.15, 0.2) is 6.61 Å². The molecule has 0 aliphatic heterocycles. The highest BCUT2D eigenvalue weighted by atomic mass is 16.5. The first-order valence-electron chi connectivity index (χ1n) is 5.68. The van der Waals surface area contributed by atoms with E-state index in [0.717, 1.165) is 5.56 Å². The zero-order valence-electron chi connectivity index (χ0n) is 10.5. The molecule has 0 aliphatic carbocycles. The molecule has 1 aromatic carbocycles. The average Bonchev–Trinajstić information content (AvgIpc) is 2.34. The summed E-state index contributed by atoms with van der Waals surface area (Å²) in [5, 5.41) is 11.2. The van der Waals surface area contributed by atoms with E-state index in [1.807, 2.05) is 19.1 Å². The summed E-state index contributed by atoms with van der Waals surface area (Å²) < 4.78 is 5.03. The molecule has 0 saturated heterocycles. The number of hydrogen-bond donors (Lipinski definition) is 2. The quantitative estimate of drug-likeness (QED) is 0.801. The Morgan fingerprint density at radius 1 is 1.33 bits per heavy atom. The lowest BCUT2D eigenvalue weighted by Crippen LogP contribution is -2.24. The Kier molecular flexibility index (Phi) is 5.17. The fourth-order valence-corrected chi connectivity index (χ4v) is 1.45. The molecule has 0 fully saturated rings. The van der Waals surface area contributed by atoms with Crippen molar-refractivity contribution >= 4 is 11.9 Å². The number of hydrogen-bond acceptors (Lipinski definition) is 3. The van der Waals surface area contributed by atoms with Crippen molar-refractivity contribution in [3.05, 3.63) is 29.8 Å². The van der Waals surface area contributed by atoms with E-state index in [1.165, 1.54) is 6.92 Å². The molecule has 5 heteroatoms. The van der Waals surface area contributed by atoms with Gasteiger partial charge in [-0.15, -0.1) is 0 Å². The number of carbonyl (C=O) groups is 2. The Hall–Kier alpha value is -2.04. The summed E-state index contributed by atoms with van der Waals surface area (Å²) in [5.74, 6) is -0.336. The van der Waals surface area contributed by atoms with Crippen molar-refractivity contribution in [2.45, 2.75) is 19.8 Å². The summed E-state index contributed by atoms with van der Waals surface area (Å²) in [4.78, 5) is 21.1. The lowest BCUT2D eigenvalue weighted by molar-refractivity contribution is -0.139. The van der Waals surface area contributed by atoms with Gasteiger partial charge >= 0.3 is 5.97 Å². The molecule has 0 spiro atoms. The van der Waals surface area contributed by atoms with Crippen molar-refractivity contribution in [1.29, 1.82) is 0 Å². The number of carboxylic acids is 1. The van der Waals surface area contributed by atoms with Crippen molar-refractivity contribution in [2.75, 3.05) is 13.2 Å². The van der Waals surface area contributed by atoms with Gasteiger partial charge in [-0.05, 0) is 23.6 Å². The molecule has 0 aromatic heterocycles. The van der Waals surface area contributed by atoms with E-state index in [1.54, 1.807) is 12.1 Å². The molecule has 0 radical (unpaired) electrons. The van der Waals surface area contributed by atoms with Gasteiger partial charge in [-0.1, -0.05) is 19.1 Å². The van der Waals surface area contributed by atoms with E-state index in [2.05, 4.69) is 5.32 Å².